The van der Waals surface area contributed by atoms with Gasteiger partial charge in [0.15, 0.2) is 5.78 Å². The zero-order chi connectivity index (χ0) is 14.9. The van der Waals surface area contributed by atoms with E-state index in [0.29, 0.717) is 16.9 Å². The van der Waals surface area contributed by atoms with Gasteiger partial charge in [0.25, 0.3) is 0 Å². The van der Waals surface area contributed by atoms with Crippen LogP contribution in [0.2, 0.25) is 0 Å². The lowest BCUT2D eigenvalue weighted by atomic mass is 9.95. The Morgan fingerprint density at radius 3 is 2.35 bits per heavy atom. The molecule has 0 amide bonds. The third-order valence-corrected chi connectivity index (χ3v) is 4.50. The summed E-state index contributed by atoms with van der Waals surface area (Å²) in [5, 5.41) is 0. The highest BCUT2D eigenvalue weighted by atomic mass is 79.9. The van der Waals surface area contributed by atoms with E-state index >= 15 is 0 Å². The molecule has 20 heavy (non-hydrogen) atoms. The Morgan fingerprint density at radius 2 is 1.70 bits per heavy atom. The van der Waals surface area contributed by atoms with Gasteiger partial charge in [-0.2, -0.15) is 0 Å². The van der Waals surface area contributed by atoms with Crippen LogP contribution in [0.5, 0.6) is 5.75 Å². The fourth-order valence-electron chi connectivity index (χ4n) is 2.23. The van der Waals surface area contributed by atoms with Gasteiger partial charge in [0.1, 0.15) is 5.75 Å². The van der Waals surface area contributed by atoms with E-state index < -0.39 is 0 Å². The first-order valence-corrected chi connectivity index (χ1v) is 7.20. The Hall–Kier alpha value is -1.61. The van der Waals surface area contributed by atoms with Crippen LogP contribution in [0.15, 0.2) is 34.8 Å². The number of hydrogen-bond donors (Lipinski definition) is 0. The van der Waals surface area contributed by atoms with Crippen LogP contribution in [0.3, 0.4) is 0 Å². The molecule has 0 aliphatic rings. The second kappa shape index (κ2) is 5.80. The van der Waals surface area contributed by atoms with Crippen molar-refractivity contribution in [2.75, 3.05) is 7.11 Å². The largest absolute Gasteiger partial charge is 0.496 e. The van der Waals surface area contributed by atoms with Crippen LogP contribution in [0.25, 0.3) is 0 Å². The van der Waals surface area contributed by atoms with Gasteiger partial charge in [-0.3, -0.25) is 4.79 Å². The molecule has 0 fully saturated rings. The topological polar surface area (TPSA) is 26.3 Å². The smallest absolute Gasteiger partial charge is 0.197 e. The maximum Gasteiger partial charge on any atom is 0.197 e. The van der Waals surface area contributed by atoms with Crippen molar-refractivity contribution in [1.82, 2.24) is 0 Å². The minimum atomic E-state index is -0.0104. The summed E-state index contributed by atoms with van der Waals surface area (Å²) in [6.07, 6.45) is 0. The van der Waals surface area contributed by atoms with Crippen molar-refractivity contribution in [2.24, 2.45) is 0 Å². The molecule has 104 valence electrons. The molecule has 2 aromatic rings. The fraction of sp³-hybridized carbons (Fsp3) is 0.235. The van der Waals surface area contributed by atoms with E-state index in [4.69, 9.17) is 4.74 Å². The molecule has 2 nitrogen and oxygen atoms in total. The molecule has 0 atom stereocenters. The van der Waals surface area contributed by atoms with Crippen LogP contribution in [-0.2, 0) is 0 Å². The Balaban J connectivity index is 2.60. The van der Waals surface area contributed by atoms with Crippen LogP contribution in [0.4, 0.5) is 0 Å². The van der Waals surface area contributed by atoms with Crippen LogP contribution < -0.4 is 4.74 Å². The Labute approximate surface area is 127 Å². The lowest BCUT2D eigenvalue weighted by Crippen LogP contribution is -2.07. The minimum Gasteiger partial charge on any atom is -0.496 e. The van der Waals surface area contributed by atoms with Gasteiger partial charge in [-0.15, -0.1) is 0 Å². The SMILES string of the molecule is COc1c(C(=O)c2cccc(Br)c2C)ccc(C)c1C. The molecule has 2 aromatic carbocycles. The van der Waals surface area contributed by atoms with Gasteiger partial charge < -0.3 is 4.74 Å². The highest BCUT2D eigenvalue weighted by Crippen LogP contribution is 2.30. The average molecular weight is 333 g/mol. The number of rotatable bonds is 3. The summed E-state index contributed by atoms with van der Waals surface area (Å²) in [5.41, 5.74) is 4.37. The van der Waals surface area contributed by atoms with Crippen LogP contribution >= 0.6 is 15.9 Å². The fourth-order valence-corrected chi connectivity index (χ4v) is 2.60. The molecule has 0 unspecified atom stereocenters. The van der Waals surface area contributed by atoms with E-state index in [2.05, 4.69) is 15.9 Å². The Kier molecular flexibility index (Phi) is 4.29. The van der Waals surface area contributed by atoms with Crippen LogP contribution in [0.1, 0.15) is 32.6 Å². The molecule has 0 saturated carbocycles. The van der Waals surface area contributed by atoms with Crippen molar-refractivity contribution < 1.29 is 9.53 Å². The summed E-state index contributed by atoms with van der Waals surface area (Å²) >= 11 is 3.47. The molecular weight excluding hydrogens is 316 g/mol. The van der Waals surface area contributed by atoms with Crippen molar-refractivity contribution >= 4 is 21.7 Å². The number of halogens is 1. The monoisotopic (exact) mass is 332 g/mol. The first-order valence-electron chi connectivity index (χ1n) is 6.41. The standard InChI is InChI=1S/C17H17BrO2/c1-10-8-9-14(17(20-4)11(10)2)16(19)13-6-5-7-15(18)12(13)3/h5-9H,1-4H3. The van der Waals surface area contributed by atoms with E-state index in [1.807, 2.05) is 51.1 Å². The molecule has 0 spiro atoms. The second-order valence-corrected chi connectivity index (χ2v) is 5.68. The van der Waals surface area contributed by atoms with Gasteiger partial charge in [0, 0.05) is 10.0 Å². The molecule has 0 heterocycles. The maximum atomic E-state index is 12.8. The van der Waals surface area contributed by atoms with E-state index in [9.17, 15) is 4.79 Å². The van der Waals surface area contributed by atoms with Crippen molar-refractivity contribution in [3.63, 3.8) is 0 Å². The number of carbonyl (C=O) groups is 1. The number of aryl methyl sites for hydroxylation is 1. The zero-order valence-corrected chi connectivity index (χ0v) is 13.7. The number of carbonyl (C=O) groups excluding carboxylic acids is 1. The summed E-state index contributed by atoms with van der Waals surface area (Å²) in [5.74, 6) is 0.651. The number of hydrogen-bond acceptors (Lipinski definition) is 2. The number of methoxy groups -OCH3 is 1. The average Bonchev–Trinajstić information content (AvgIpc) is 2.44. The lowest BCUT2D eigenvalue weighted by molar-refractivity contribution is 0.103. The van der Waals surface area contributed by atoms with Gasteiger partial charge in [-0.25, -0.2) is 0 Å². The molecule has 0 aliphatic carbocycles. The summed E-state index contributed by atoms with van der Waals surface area (Å²) in [6, 6.07) is 9.45. The normalized spacial score (nSPS) is 10.4. The molecule has 3 heteroatoms. The number of ether oxygens (including phenoxy) is 1. The lowest BCUT2D eigenvalue weighted by Gasteiger charge is -2.14. The molecular formula is C17H17BrO2. The van der Waals surface area contributed by atoms with E-state index in [1.165, 1.54) is 0 Å². The van der Waals surface area contributed by atoms with E-state index in [1.54, 1.807) is 7.11 Å². The highest BCUT2D eigenvalue weighted by molar-refractivity contribution is 9.10. The Morgan fingerprint density at radius 1 is 1.00 bits per heavy atom. The molecule has 0 aliphatic heterocycles. The van der Waals surface area contributed by atoms with Crippen molar-refractivity contribution in [3.8, 4) is 5.75 Å². The van der Waals surface area contributed by atoms with Crippen molar-refractivity contribution in [2.45, 2.75) is 20.8 Å². The molecule has 0 N–H and O–H groups in total. The maximum absolute atomic E-state index is 12.8. The minimum absolute atomic E-state index is 0.0104. The summed E-state index contributed by atoms with van der Waals surface area (Å²) < 4.78 is 6.37. The van der Waals surface area contributed by atoms with Crippen LogP contribution in [-0.4, -0.2) is 12.9 Å². The summed E-state index contributed by atoms with van der Waals surface area (Å²) in [6.45, 7) is 5.92. The third-order valence-electron chi connectivity index (χ3n) is 3.64. The second-order valence-electron chi connectivity index (χ2n) is 4.83. The van der Waals surface area contributed by atoms with E-state index in [-0.39, 0.29) is 5.78 Å². The number of benzene rings is 2. The molecule has 0 bridgehead atoms. The van der Waals surface area contributed by atoms with Crippen molar-refractivity contribution in [3.05, 3.63) is 62.6 Å². The highest BCUT2D eigenvalue weighted by Gasteiger charge is 2.19. The first kappa shape index (κ1) is 14.8. The molecule has 0 aromatic heterocycles. The predicted octanol–water partition coefficient (Wildman–Crippen LogP) is 4.61. The predicted molar refractivity (Wildman–Crippen MR) is 84.8 cm³/mol. The van der Waals surface area contributed by atoms with Crippen LogP contribution in [0, 0.1) is 20.8 Å². The van der Waals surface area contributed by atoms with Crippen molar-refractivity contribution in [1.29, 1.82) is 0 Å². The Bertz CT molecular complexity index is 675. The van der Waals surface area contributed by atoms with Gasteiger partial charge in [0.05, 0.1) is 12.7 Å². The summed E-state index contributed by atoms with van der Waals surface area (Å²) in [4.78, 5) is 12.8. The van der Waals surface area contributed by atoms with Gasteiger partial charge in [-0.1, -0.05) is 34.1 Å². The molecule has 0 radical (unpaired) electrons. The number of ketones is 1. The first-order chi connectivity index (χ1) is 9.47. The molecule has 0 saturated heterocycles. The summed E-state index contributed by atoms with van der Waals surface area (Å²) in [7, 11) is 1.60. The zero-order valence-electron chi connectivity index (χ0n) is 12.1. The van der Waals surface area contributed by atoms with E-state index in [0.717, 1.165) is 21.2 Å². The molecule has 2 rings (SSSR count). The quantitative estimate of drug-likeness (QED) is 0.767. The van der Waals surface area contributed by atoms with Gasteiger partial charge >= 0.3 is 0 Å². The third kappa shape index (κ3) is 2.50. The van der Waals surface area contributed by atoms with Gasteiger partial charge in [-0.05, 0) is 49.6 Å². The van der Waals surface area contributed by atoms with Gasteiger partial charge in [0.2, 0.25) is 0 Å².